The molecular formula is C23H30N6O8S2. The van der Waals surface area contributed by atoms with Gasteiger partial charge in [-0.15, -0.1) is 23.1 Å². The maximum Gasteiger partial charge on any atom is 0.358 e. The molecule has 14 nitrogen and oxygen atoms in total. The fraction of sp³-hybridized carbons (Fsp3) is 0.565. The number of hydrogen-bond acceptors (Lipinski definition) is 14. The number of thioether (sulfide) groups is 1. The van der Waals surface area contributed by atoms with E-state index < -0.39 is 53.5 Å². The van der Waals surface area contributed by atoms with E-state index in [2.05, 4.69) is 15.5 Å². The first-order chi connectivity index (χ1) is 18.4. The van der Waals surface area contributed by atoms with Gasteiger partial charge in [0.2, 0.25) is 6.79 Å². The molecule has 0 saturated carbocycles. The Hall–Kier alpha value is -3.21. The summed E-state index contributed by atoms with van der Waals surface area (Å²) in [5.41, 5.74) is 5.58. The number of carbonyl (C=O) groups excluding carboxylic acids is 4. The first-order valence-corrected chi connectivity index (χ1v) is 13.9. The molecule has 1 aromatic rings. The average Bonchev–Trinajstić information content (AvgIpc) is 3.51. The molecule has 0 spiro atoms. The Morgan fingerprint density at radius 2 is 2.05 bits per heavy atom. The van der Waals surface area contributed by atoms with Gasteiger partial charge in [0.05, 0.1) is 5.41 Å². The second-order valence-electron chi connectivity index (χ2n) is 9.89. The van der Waals surface area contributed by atoms with Crippen molar-refractivity contribution in [2.45, 2.75) is 44.7 Å². The zero-order valence-corrected chi connectivity index (χ0v) is 23.7. The van der Waals surface area contributed by atoms with Crippen LogP contribution in [0.4, 0.5) is 5.13 Å². The molecule has 2 saturated heterocycles. The molecule has 0 bridgehead atoms. The fourth-order valence-electron chi connectivity index (χ4n) is 4.06. The van der Waals surface area contributed by atoms with Crippen molar-refractivity contribution in [1.82, 2.24) is 20.3 Å². The standard InChI is InChI=1S/C23H30N6O8S2/c1-23(2,3)21(33)36-10-35-20(32)16-11(13-6-7-28(4)37-13)8-38-19-15(18(31)29(16)19)26-17(30)14(27-34-5)12-9-39-22(24)25-12/h9,13,15,19H,6-8,10H2,1-5H3,(H2,24,25)(H,26,30)/b27-14-/t13-,15-,19-/m1/s1. The van der Waals surface area contributed by atoms with E-state index in [1.165, 1.54) is 23.8 Å². The molecule has 212 valence electrons. The summed E-state index contributed by atoms with van der Waals surface area (Å²) in [4.78, 5) is 67.6. The SMILES string of the molecule is CO/N=C(\C(=O)N[C@@H]1C(=O)N2C(C(=O)OCOC(=O)C(C)(C)C)=C([C@H]3CCN(C)O3)CS[C@H]12)c1csc(N)n1. The molecule has 0 radical (unpaired) electrons. The molecule has 39 heavy (non-hydrogen) atoms. The number of carbonyl (C=O) groups is 4. The minimum absolute atomic E-state index is 0.0272. The summed E-state index contributed by atoms with van der Waals surface area (Å²) in [5.74, 6) is -2.21. The molecule has 3 atom stereocenters. The number of rotatable bonds is 8. The van der Waals surface area contributed by atoms with Crippen molar-refractivity contribution in [3.05, 3.63) is 22.3 Å². The Bertz CT molecular complexity index is 1230. The number of ether oxygens (including phenoxy) is 2. The monoisotopic (exact) mass is 582 g/mol. The highest BCUT2D eigenvalue weighted by Gasteiger charge is 2.55. The van der Waals surface area contributed by atoms with E-state index in [4.69, 9.17) is 24.9 Å². The highest BCUT2D eigenvalue weighted by Crippen LogP contribution is 2.43. The van der Waals surface area contributed by atoms with Crippen molar-refractivity contribution < 1.29 is 38.3 Å². The normalized spacial score (nSPS) is 23.7. The molecule has 3 aliphatic heterocycles. The smallest absolute Gasteiger partial charge is 0.358 e. The van der Waals surface area contributed by atoms with Crippen LogP contribution in [0.2, 0.25) is 0 Å². The number of nitrogens with one attached hydrogen (secondary N) is 1. The molecule has 0 unspecified atom stereocenters. The van der Waals surface area contributed by atoms with Crippen LogP contribution in [0.3, 0.4) is 0 Å². The topological polar surface area (TPSA) is 175 Å². The van der Waals surface area contributed by atoms with E-state index in [0.717, 1.165) is 11.3 Å². The number of aromatic nitrogens is 1. The maximum atomic E-state index is 13.3. The van der Waals surface area contributed by atoms with Gasteiger partial charge in [-0.3, -0.25) is 24.1 Å². The summed E-state index contributed by atoms with van der Waals surface area (Å²) in [6, 6.07) is -0.948. The quantitative estimate of drug-likeness (QED) is 0.143. The maximum absolute atomic E-state index is 13.3. The Kier molecular flexibility index (Phi) is 8.48. The second kappa shape index (κ2) is 11.5. The molecule has 2 fully saturated rings. The number of esters is 2. The third kappa shape index (κ3) is 6.03. The Balaban J connectivity index is 1.52. The average molecular weight is 583 g/mol. The summed E-state index contributed by atoms with van der Waals surface area (Å²) in [7, 11) is 3.06. The number of nitrogens with zero attached hydrogens (tertiary/aromatic N) is 4. The van der Waals surface area contributed by atoms with Crippen molar-refractivity contribution >= 4 is 57.7 Å². The summed E-state index contributed by atoms with van der Waals surface area (Å²) >= 11 is 2.50. The lowest BCUT2D eigenvalue weighted by Crippen LogP contribution is -2.71. The van der Waals surface area contributed by atoms with Gasteiger partial charge in [-0.1, -0.05) is 5.16 Å². The van der Waals surface area contributed by atoms with Crippen molar-refractivity contribution in [1.29, 1.82) is 0 Å². The van der Waals surface area contributed by atoms with Crippen LogP contribution in [0.1, 0.15) is 32.9 Å². The van der Waals surface area contributed by atoms with Crippen molar-refractivity contribution in [2.75, 3.05) is 39.0 Å². The van der Waals surface area contributed by atoms with E-state index >= 15 is 0 Å². The number of fused-ring (bicyclic) bond motifs is 1. The Morgan fingerprint density at radius 3 is 2.64 bits per heavy atom. The molecule has 4 heterocycles. The lowest BCUT2D eigenvalue weighted by molar-refractivity contribution is -0.173. The number of oxime groups is 1. The highest BCUT2D eigenvalue weighted by atomic mass is 32.2. The predicted molar refractivity (Wildman–Crippen MR) is 141 cm³/mol. The van der Waals surface area contributed by atoms with Crippen LogP contribution in [0.15, 0.2) is 21.8 Å². The molecule has 2 amide bonds. The van der Waals surface area contributed by atoms with E-state index in [-0.39, 0.29) is 22.2 Å². The van der Waals surface area contributed by atoms with Gasteiger partial charge in [-0.2, -0.15) is 5.06 Å². The van der Waals surface area contributed by atoms with Crippen LogP contribution in [-0.4, -0.2) is 95.2 Å². The van der Waals surface area contributed by atoms with Crippen LogP contribution >= 0.6 is 23.1 Å². The number of hydroxylamine groups is 2. The Morgan fingerprint density at radius 1 is 1.31 bits per heavy atom. The summed E-state index contributed by atoms with van der Waals surface area (Å²) in [6.07, 6.45) is 0.183. The van der Waals surface area contributed by atoms with Crippen LogP contribution in [-0.2, 0) is 38.3 Å². The van der Waals surface area contributed by atoms with Gasteiger partial charge in [0, 0.05) is 30.3 Å². The van der Waals surface area contributed by atoms with E-state index in [0.29, 0.717) is 24.3 Å². The predicted octanol–water partition coefficient (Wildman–Crippen LogP) is 0.456. The third-order valence-electron chi connectivity index (χ3n) is 6.03. The Labute approximate surface area is 232 Å². The highest BCUT2D eigenvalue weighted by molar-refractivity contribution is 8.00. The van der Waals surface area contributed by atoms with Crippen LogP contribution in [0.5, 0.6) is 0 Å². The zero-order chi connectivity index (χ0) is 28.5. The van der Waals surface area contributed by atoms with E-state index in [1.54, 1.807) is 38.3 Å². The van der Waals surface area contributed by atoms with Crippen LogP contribution in [0, 0.1) is 5.41 Å². The second-order valence-corrected chi connectivity index (χ2v) is 11.9. The van der Waals surface area contributed by atoms with Gasteiger partial charge in [-0.25, -0.2) is 9.78 Å². The van der Waals surface area contributed by atoms with Gasteiger partial charge in [0.15, 0.2) is 10.8 Å². The summed E-state index contributed by atoms with van der Waals surface area (Å²) in [5, 5.41) is 9.26. The molecule has 3 aliphatic rings. The summed E-state index contributed by atoms with van der Waals surface area (Å²) in [6.45, 7) is 5.06. The first-order valence-electron chi connectivity index (χ1n) is 12.0. The number of hydrogen-bond donors (Lipinski definition) is 2. The van der Waals surface area contributed by atoms with Crippen LogP contribution in [0.25, 0.3) is 0 Å². The summed E-state index contributed by atoms with van der Waals surface area (Å²) < 4.78 is 10.3. The van der Waals surface area contributed by atoms with E-state index in [9.17, 15) is 19.2 Å². The first kappa shape index (κ1) is 28.8. The van der Waals surface area contributed by atoms with Crippen molar-refractivity contribution in [2.24, 2.45) is 10.6 Å². The van der Waals surface area contributed by atoms with Gasteiger partial charge >= 0.3 is 11.9 Å². The van der Waals surface area contributed by atoms with Crippen molar-refractivity contribution in [3.8, 4) is 0 Å². The largest absolute Gasteiger partial charge is 0.427 e. The minimum atomic E-state index is -0.948. The minimum Gasteiger partial charge on any atom is -0.427 e. The number of anilines is 1. The zero-order valence-electron chi connectivity index (χ0n) is 22.1. The number of amides is 2. The van der Waals surface area contributed by atoms with Crippen LogP contribution < -0.4 is 11.1 Å². The molecule has 1 aromatic heterocycles. The molecule has 4 rings (SSSR count). The van der Waals surface area contributed by atoms with Crippen molar-refractivity contribution in [3.63, 3.8) is 0 Å². The van der Waals surface area contributed by atoms with Gasteiger partial charge in [0.1, 0.15) is 36.0 Å². The lowest BCUT2D eigenvalue weighted by atomic mass is 9.98. The number of nitrogens with two attached hydrogens (primary N) is 1. The lowest BCUT2D eigenvalue weighted by Gasteiger charge is -2.50. The fourth-order valence-corrected chi connectivity index (χ4v) is 6.02. The number of nitrogen functional groups attached to an aromatic ring is 1. The molecule has 16 heteroatoms. The molecule has 3 N–H and O–H groups in total. The van der Waals surface area contributed by atoms with Gasteiger partial charge in [0.25, 0.3) is 11.8 Å². The van der Waals surface area contributed by atoms with Gasteiger partial charge < -0.3 is 25.4 Å². The number of thiazole rings is 1. The third-order valence-corrected chi connectivity index (χ3v) is 8.01. The van der Waals surface area contributed by atoms with Gasteiger partial charge in [-0.05, 0) is 27.2 Å². The van der Waals surface area contributed by atoms with E-state index in [1.807, 2.05) is 0 Å². The molecular weight excluding hydrogens is 552 g/mol. The molecule has 0 aliphatic carbocycles. The number of β-lactam (4-membered cyclic amide) rings is 1. The molecule has 0 aromatic carbocycles.